The van der Waals surface area contributed by atoms with Crippen molar-refractivity contribution in [2.45, 2.75) is 70.5 Å². The Morgan fingerprint density at radius 2 is 1.65 bits per heavy atom. The summed E-state index contributed by atoms with van der Waals surface area (Å²) >= 11 is 4.37. The number of hydrogen-bond donors (Lipinski definition) is 2. The summed E-state index contributed by atoms with van der Waals surface area (Å²) in [6.07, 6.45) is -1.30. The van der Waals surface area contributed by atoms with Crippen LogP contribution < -0.4 is 5.14 Å². The number of rotatable bonds is 3. The number of amides is 2. The van der Waals surface area contributed by atoms with E-state index in [0.717, 1.165) is 0 Å². The molecule has 1 saturated heterocycles. The van der Waals surface area contributed by atoms with Crippen LogP contribution in [0.25, 0.3) is 0 Å². The molecule has 0 aromatic heterocycles. The predicted octanol–water partition coefficient (Wildman–Crippen LogP) is 1.73. The molecular formula is C15H29N3O6S2. The molecule has 2 N–H and O–H groups in total. The summed E-state index contributed by atoms with van der Waals surface area (Å²) < 4.78 is 34.7. The van der Waals surface area contributed by atoms with Crippen molar-refractivity contribution in [2.24, 2.45) is 5.14 Å². The Morgan fingerprint density at radius 3 is 2.08 bits per heavy atom. The fraction of sp³-hybridized carbons (Fsp3) is 0.867. The van der Waals surface area contributed by atoms with Crippen LogP contribution >= 0.6 is 12.6 Å². The molecule has 1 aliphatic rings. The second-order valence-electron chi connectivity index (χ2n) is 8.23. The third-order valence-corrected chi connectivity index (χ3v) is 4.59. The molecule has 0 aromatic carbocycles. The molecule has 0 aliphatic carbocycles. The highest BCUT2D eigenvalue weighted by Crippen LogP contribution is 2.26. The third kappa shape index (κ3) is 7.20. The van der Waals surface area contributed by atoms with E-state index >= 15 is 0 Å². The van der Waals surface area contributed by atoms with Crippen LogP contribution in [0.2, 0.25) is 0 Å². The SMILES string of the molecule is CC(C)(C)OC(=O)N1C[C@H](S)C[C@@H]1CN(C(=O)OC(C)(C)C)S(N)(=O)=O. The quantitative estimate of drug-likeness (QED) is 0.683. The molecular weight excluding hydrogens is 382 g/mol. The van der Waals surface area contributed by atoms with Gasteiger partial charge in [0.1, 0.15) is 11.2 Å². The number of carbonyl (C=O) groups is 2. The lowest BCUT2D eigenvalue weighted by Crippen LogP contribution is -2.51. The van der Waals surface area contributed by atoms with Crippen LogP contribution in [-0.4, -0.2) is 65.4 Å². The summed E-state index contributed by atoms with van der Waals surface area (Å²) in [5.74, 6) is 0. The normalized spacial score (nSPS) is 21.5. The Bertz CT molecular complexity index is 639. The number of ether oxygens (including phenoxy) is 2. The van der Waals surface area contributed by atoms with Crippen LogP contribution in [0, 0.1) is 0 Å². The Balaban J connectivity index is 3.01. The minimum Gasteiger partial charge on any atom is -0.444 e. The largest absolute Gasteiger partial charge is 0.444 e. The molecule has 26 heavy (non-hydrogen) atoms. The summed E-state index contributed by atoms with van der Waals surface area (Å²) in [6.45, 7) is 9.96. The lowest BCUT2D eigenvalue weighted by atomic mass is 10.2. The van der Waals surface area contributed by atoms with Gasteiger partial charge in [-0.3, -0.25) is 0 Å². The van der Waals surface area contributed by atoms with Gasteiger partial charge in [-0.2, -0.15) is 25.4 Å². The zero-order chi connectivity index (χ0) is 20.5. The summed E-state index contributed by atoms with van der Waals surface area (Å²) in [7, 11) is -4.37. The first-order valence-corrected chi connectivity index (χ1v) is 10.2. The van der Waals surface area contributed by atoms with Gasteiger partial charge in [-0.25, -0.2) is 14.7 Å². The van der Waals surface area contributed by atoms with Crippen LogP contribution in [0.1, 0.15) is 48.0 Å². The molecule has 1 fully saturated rings. The molecule has 2 amide bonds. The highest BCUT2D eigenvalue weighted by molar-refractivity contribution is 7.87. The molecule has 0 saturated carbocycles. The fourth-order valence-electron chi connectivity index (χ4n) is 2.40. The van der Waals surface area contributed by atoms with Gasteiger partial charge in [0, 0.05) is 11.8 Å². The van der Waals surface area contributed by atoms with E-state index in [2.05, 4.69) is 12.6 Å². The van der Waals surface area contributed by atoms with E-state index in [1.807, 2.05) is 0 Å². The van der Waals surface area contributed by atoms with Gasteiger partial charge in [0.2, 0.25) is 0 Å². The Kier molecular flexibility index (Phi) is 6.86. The maximum atomic E-state index is 12.4. The molecule has 0 bridgehead atoms. The lowest BCUT2D eigenvalue weighted by Gasteiger charge is -2.32. The summed E-state index contributed by atoms with van der Waals surface area (Å²) in [5, 5.41) is 5.01. The number of nitrogens with zero attached hydrogens (tertiary/aromatic N) is 2. The summed E-state index contributed by atoms with van der Waals surface area (Å²) in [5.41, 5.74) is -1.60. The molecule has 0 aromatic rings. The monoisotopic (exact) mass is 411 g/mol. The van der Waals surface area contributed by atoms with Crippen LogP contribution in [0.4, 0.5) is 9.59 Å². The van der Waals surface area contributed by atoms with Crippen LogP contribution in [-0.2, 0) is 19.7 Å². The summed E-state index contributed by atoms with van der Waals surface area (Å²) in [6, 6.07) is -0.613. The average Bonchev–Trinajstić information content (AvgIpc) is 2.71. The average molecular weight is 412 g/mol. The minimum absolute atomic E-state index is 0.173. The lowest BCUT2D eigenvalue weighted by molar-refractivity contribution is 0.0168. The zero-order valence-corrected chi connectivity index (χ0v) is 17.8. The molecule has 1 rings (SSSR count). The van der Waals surface area contributed by atoms with Crippen molar-refractivity contribution >= 4 is 35.0 Å². The van der Waals surface area contributed by atoms with Crippen molar-refractivity contribution < 1.29 is 27.5 Å². The number of likely N-dealkylation sites (tertiary alicyclic amines) is 1. The molecule has 11 heteroatoms. The minimum atomic E-state index is -4.37. The number of nitrogens with two attached hydrogens (primary N) is 1. The van der Waals surface area contributed by atoms with Crippen LogP contribution in [0.15, 0.2) is 0 Å². The van der Waals surface area contributed by atoms with Gasteiger partial charge in [-0.1, -0.05) is 0 Å². The van der Waals surface area contributed by atoms with Crippen LogP contribution in [0.3, 0.4) is 0 Å². The van der Waals surface area contributed by atoms with Crippen molar-refractivity contribution in [1.82, 2.24) is 9.21 Å². The first-order chi connectivity index (χ1) is 11.5. The van der Waals surface area contributed by atoms with Crippen molar-refractivity contribution in [3.63, 3.8) is 0 Å². The van der Waals surface area contributed by atoms with Crippen LogP contribution in [0.5, 0.6) is 0 Å². The molecule has 0 spiro atoms. The van der Waals surface area contributed by atoms with Crippen molar-refractivity contribution in [3.8, 4) is 0 Å². The Morgan fingerprint density at radius 1 is 1.15 bits per heavy atom. The van der Waals surface area contributed by atoms with E-state index in [9.17, 15) is 18.0 Å². The molecule has 1 aliphatic heterocycles. The number of carbonyl (C=O) groups excluding carboxylic acids is 2. The zero-order valence-electron chi connectivity index (χ0n) is 16.1. The van der Waals surface area contributed by atoms with Gasteiger partial charge in [-0.05, 0) is 48.0 Å². The molecule has 1 heterocycles. The molecule has 9 nitrogen and oxygen atoms in total. The topological polar surface area (TPSA) is 119 Å². The number of thiol groups is 1. The van der Waals surface area contributed by atoms with Gasteiger partial charge >= 0.3 is 22.4 Å². The third-order valence-electron chi connectivity index (χ3n) is 3.30. The van der Waals surface area contributed by atoms with Gasteiger partial charge in [0.25, 0.3) is 0 Å². The fourth-order valence-corrected chi connectivity index (χ4v) is 3.44. The van der Waals surface area contributed by atoms with E-state index in [0.29, 0.717) is 10.7 Å². The van der Waals surface area contributed by atoms with Gasteiger partial charge < -0.3 is 14.4 Å². The second-order valence-corrected chi connectivity index (χ2v) is 10.4. The van der Waals surface area contributed by atoms with Gasteiger partial charge in [0.05, 0.1) is 12.6 Å². The maximum absolute atomic E-state index is 12.4. The maximum Gasteiger partial charge on any atom is 0.425 e. The van der Waals surface area contributed by atoms with Crippen molar-refractivity contribution in [3.05, 3.63) is 0 Å². The van der Waals surface area contributed by atoms with E-state index in [-0.39, 0.29) is 18.3 Å². The molecule has 2 atom stereocenters. The highest BCUT2D eigenvalue weighted by atomic mass is 32.2. The van der Waals surface area contributed by atoms with E-state index < -0.39 is 39.6 Å². The molecule has 152 valence electrons. The van der Waals surface area contributed by atoms with Crippen molar-refractivity contribution in [1.29, 1.82) is 0 Å². The Hall–Kier alpha value is -1.20. The highest BCUT2D eigenvalue weighted by Gasteiger charge is 2.40. The van der Waals surface area contributed by atoms with Gasteiger partial charge in [-0.15, -0.1) is 0 Å². The Labute approximate surface area is 160 Å². The number of hydrogen-bond acceptors (Lipinski definition) is 7. The molecule has 0 unspecified atom stereocenters. The van der Waals surface area contributed by atoms with E-state index in [1.165, 1.54) is 4.90 Å². The first kappa shape index (κ1) is 22.8. The smallest absolute Gasteiger partial charge is 0.425 e. The summed E-state index contributed by atoms with van der Waals surface area (Å²) in [4.78, 5) is 26.0. The predicted molar refractivity (Wildman–Crippen MR) is 100 cm³/mol. The first-order valence-electron chi connectivity index (χ1n) is 8.21. The standard InChI is InChI=1S/C15H29N3O6S2/c1-14(2,3)23-12(19)17-9-11(25)7-10(17)8-18(26(16,21)22)13(20)24-15(4,5)6/h10-11,25H,7-9H2,1-6H3,(H2,16,21,22)/t10-,11-/m1/s1. The van der Waals surface area contributed by atoms with E-state index in [1.54, 1.807) is 41.5 Å². The van der Waals surface area contributed by atoms with Crippen molar-refractivity contribution in [2.75, 3.05) is 13.1 Å². The van der Waals surface area contributed by atoms with E-state index in [4.69, 9.17) is 14.6 Å². The van der Waals surface area contributed by atoms with Gasteiger partial charge in [0.15, 0.2) is 0 Å². The second kappa shape index (κ2) is 7.81. The molecule has 0 radical (unpaired) electrons.